The van der Waals surface area contributed by atoms with Crippen molar-refractivity contribution in [1.82, 2.24) is 9.55 Å². The summed E-state index contributed by atoms with van der Waals surface area (Å²) in [5.41, 5.74) is 1.54. The summed E-state index contributed by atoms with van der Waals surface area (Å²) in [7, 11) is 1.52. The van der Waals surface area contributed by atoms with Gasteiger partial charge in [-0.3, -0.25) is 14.2 Å². The van der Waals surface area contributed by atoms with E-state index in [4.69, 9.17) is 20.8 Å². The maximum Gasteiger partial charge on any atom is 0.297 e. The second kappa shape index (κ2) is 8.41. The van der Waals surface area contributed by atoms with Gasteiger partial charge in [0.05, 0.1) is 18.6 Å². The van der Waals surface area contributed by atoms with Crippen LogP contribution >= 0.6 is 23.4 Å². The highest BCUT2D eigenvalue weighted by molar-refractivity contribution is 7.99. The second-order valence-electron chi connectivity index (χ2n) is 6.40. The molecule has 0 aliphatic rings. The van der Waals surface area contributed by atoms with Gasteiger partial charge in [0, 0.05) is 17.0 Å². The molecule has 0 aliphatic heterocycles. The maximum absolute atomic E-state index is 12.9. The van der Waals surface area contributed by atoms with Crippen molar-refractivity contribution in [1.29, 1.82) is 0 Å². The number of ether oxygens (including phenoxy) is 1. The number of rotatable bonds is 6. The van der Waals surface area contributed by atoms with E-state index in [1.54, 1.807) is 24.3 Å². The number of anilines is 1. The van der Waals surface area contributed by atoms with E-state index < -0.39 is 0 Å². The number of benzene rings is 2. The summed E-state index contributed by atoms with van der Waals surface area (Å²) in [4.78, 5) is 30.0. The molecule has 0 saturated heterocycles. The van der Waals surface area contributed by atoms with Crippen LogP contribution in [0.5, 0.6) is 5.75 Å². The van der Waals surface area contributed by atoms with Crippen LogP contribution in [0.15, 0.2) is 56.8 Å². The van der Waals surface area contributed by atoms with Crippen LogP contribution < -0.4 is 15.6 Å². The predicted molar refractivity (Wildman–Crippen MR) is 119 cm³/mol. The van der Waals surface area contributed by atoms with Crippen LogP contribution in [0.1, 0.15) is 6.92 Å². The zero-order chi connectivity index (χ0) is 21.3. The van der Waals surface area contributed by atoms with Gasteiger partial charge in [0.1, 0.15) is 16.8 Å². The topological polar surface area (TPSA) is 86.4 Å². The van der Waals surface area contributed by atoms with Crippen molar-refractivity contribution in [2.75, 3.05) is 18.2 Å². The third-order valence-corrected chi connectivity index (χ3v) is 5.74. The Bertz CT molecular complexity index is 1320. The standard InChI is InChI=1S/C21H18ClN3O4S/c1-3-25-20(27)19-18(13-6-4-5-7-15(13)29-19)24-21(25)30-11-17(26)23-14-10-12(22)8-9-16(14)28-2/h4-10H,3,11H2,1-2H3,(H,23,26). The van der Waals surface area contributed by atoms with Crippen LogP contribution in [-0.4, -0.2) is 28.3 Å². The molecule has 2 heterocycles. The van der Waals surface area contributed by atoms with Crippen LogP contribution in [0.25, 0.3) is 22.1 Å². The fraction of sp³-hybridized carbons (Fsp3) is 0.190. The number of nitrogens with zero attached hydrogens (tertiary/aromatic N) is 2. The van der Waals surface area contributed by atoms with E-state index in [0.29, 0.717) is 39.3 Å². The molecule has 0 unspecified atom stereocenters. The molecule has 2 aromatic heterocycles. The van der Waals surface area contributed by atoms with Gasteiger partial charge in [0.15, 0.2) is 5.16 Å². The number of fused-ring (bicyclic) bond motifs is 3. The summed E-state index contributed by atoms with van der Waals surface area (Å²) in [6, 6.07) is 12.3. The van der Waals surface area contributed by atoms with Crippen LogP contribution in [0.4, 0.5) is 5.69 Å². The summed E-state index contributed by atoms with van der Waals surface area (Å²) in [5, 5.41) is 4.49. The molecule has 9 heteroatoms. The molecule has 154 valence electrons. The number of thioether (sulfide) groups is 1. The lowest BCUT2D eigenvalue weighted by Gasteiger charge is -2.11. The third kappa shape index (κ3) is 3.76. The highest BCUT2D eigenvalue weighted by Gasteiger charge is 2.18. The van der Waals surface area contributed by atoms with Crippen molar-refractivity contribution in [3.63, 3.8) is 0 Å². The normalized spacial score (nSPS) is 11.2. The van der Waals surface area contributed by atoms with E-state index in [2.05, 4.69) is 10.3 Å². The third-order valence-electron chi connectivity index (χ3n) is 4.53. The minimum absolute atomic E-state index is 0.0589. The molecule has 0 fully saturated rings. The second-order valence-corrected chi connectivity index (χ2v) is 7.78. The number of carbonyl (C=O) groups excluding carboxylic acids is 1. The quantitative estimate of drug-likeness (QED) is 0.347. The predicted octanol–water partition coefficient (Wildman–Crippen LogP) is 4.56. The molecule has 1 amide bonds. The Morgan fingerprint density at radius 2 is 2.10 bits per heavy atom. The van der Waals surface area contributed by atoms with Crippen molar-refractivity contribution in [3.8, 4) is 5.75 Å². The monoisotopic (exact) mass is 443 g/mol. The minimum atomic E-state index is -0.269. The number of furan rings is 1. The molecule has 0 bridgehead atoms. The lowest BCUT2D eigenvalue weighted by molar-refractivity contribution is -0.113. The summed E-state index contributed by atoms with van der Waals surface area (Å²) >= 11 is 7.19. The highest BCUT2D eigenvalue weighted by Crippen LogP contribution is 2.29. The van der Waals surface area contributed by atoms with Gasteiger partial charge >= 0.3 is 0 Å². The number of nitrogens with one attached hydrogen (secondary N) is 1. The highest BCUT2D eigenvalue weighted by atomic mass is 35.5. The van der Waals surface area contributed by atoms with E-state index in [9.17, 15) is 9.59 Å². The molecule has 7 nitrogen and oxygen atoms in total. The van der Waals surface area contributed by atoms with E-state index in [0.717, 1.165) is 5.39 Å². The fourth-order valence-corrected chi connectivity index (χ4v) is 4.16. The smallest absolute Gasteiger partial charge is 0.297 e. The first-order valence-corrected chi connectivity index (χ1v) is 10.6. The van der Waals surface area contributed by atoms with Crippen LogP contribution in [0.3, 0.4) is 0 Å². The van der Waals surface area contributed by atoms with Crippen molar-refractivity contribution in [3.05, 3.63) is 57.8 Å². The van der Waals surface area contributed by atoms with Gasteiger partial charge in [0.2, 0.25) is 11.5 Å². The van der Waals surface area contributed by atoms with Crippen LogP contribution in [0, 0.1) is 0 Å². The zero-order valence-corrected chi connectivity index (χ0v) is 17.8. The average Bonchev–Trinajstić information content (AvgIpc) is 3.11. The van der Waals surface area contributed by atoms with Gasteiger partial charge < -0.3 is 14.5 Å². The molecule has 1 N–H and O–H groups in total. The first-order chi connectivity index (χ1) is 14.5. The van der Waals surface area contributed by atoms with E-state index in [1.807, 2.05) is 25.1 Å². The van der Waals surface area contributed by atoms with Gasteiger partial charge in [-0.15, -0.1) is 0 Å². The minimum Gasteiger partial charge on any atom is -0.495 e. The van der Waals surface area contributed by atoms with Crippen molar-refractivity contribution in [2.45, 2.75) is 18.6 Å². The largest absolute Gasteiger partial charge is 0.495 e. The van der Waals surface area contributed by atoms with Crippen molar-refractivity contribution >= 4 is 57.0 Å². The molecule has 0 saturated carbocycles. The Morgan fingerprint density at radius 1 is 1.30 bits per heavy atom. The van der Waals surface area contributed by atoms with Crippen molar-refractivity contribution in [2.24, 2.45) is 0 Å². The Morgan fingerprint density at radius 3 is 2.87 bits per heavy atom. The number of hydrogen-bond donors (Lipinski definition) is 1. The zero-order valence-electron chi connectivity index (χ0n) is 16.3. The van der Waals surface area contributed by atoms with Gasteiger partial charge in [-0.05, 0) is 37.3 Å². The number of methoxy groups -OCH3 is 1. The Kier molecular flexibility index (Phi) is 5.69. The summed E-state index contributed by atoms with van der Waals surface area (Å²) < 4.78 is 12.5. The molecule has 0 radical (unpaired) electrons. The first kappa shape index (κ1) is 20.3. The SMILES string of the molecule is CCn1c(SCC(=O)Nc2cc(Cl)ccc2OC)nc2c(oc3ccccc32)c1=O. The number of carbonyl (C=O) groups is 1. The molecular weight excluding hydrogens is 426 g/mol. The Labute approximate surface area is 181 Å². The molecule has 0 atom stereocenters. The molecule has 0 aliphatic carbocycles. The lowest BCUT2D eigenvalue weighted by atomic mass is 10.2. The lowest BCUT2D eigenvalue weighted by Crippen LogP contribution is -2.23. The van der Waals surface area contributed by atoms with E-state index in [-0.39, 0.29) is 22.8 Å². The number of amides is 1. The number of aromatic nitrogens is 2. The molecular formula is C21H18ClN3O4S. The Balaban J connectivity index is 1.62. The molecule has 0 spiro atoms. The molecule has 4 aromatic rings. The molecule has 2 aromatic carbocycles. The summed E-state index contributed by atoms with van der Waals surface area (Å²) in [6.07, 6.45) is 0. The van der Waals surface area contributed by atoms with Crippen LogP contribution in [0.2, 0.25) is 5.02 Å². The first-order valence-electron chi connectivity index (χ1n) is 9.20. The van der Waals surface area contributed by atoms with Gasteiger partial charge in [-0.2, -0.15) is 0 Å². The number of hydrogen-bond acceptors (Lipinski definition) is 6. The number of para-hydroxylation sites is 1. The summed E-state index contributed by atoms with van der Waals surface area (Å²) in [5.74, 6) is 0.297. The van der Waals surface area contributed by atoms with Gasteiger partial charge in [-0.1, -0.05) is 35.5 Å². The number of halogens is 1. The van der Waals surface area contributed by atoms with Gasteiger partial charge in [-0.25, -0.2) is 4.98 Å². The fourth-order valence-electron chi connectivity index (χ4n) is 3.14. The maximum atomic E-state index is 12.9. The van der Waals surface area contributed by atoms with Crippen molar-refractivity contribution < 1.29 is 13.9 Å². The van der Waals surface area contributed by atoms with Crippen LogP contribution in [-0.2, 0) is 11.3 Å². The van der Waals surface area contributed by atoms with E-state index in [1.165, 1.54) is 23.4 Å². The van der Waals surface area contributed by atoms with E-state index >= 15 is 0 Å². The molecule has 30 heavy (non-hydrogen) atoms. The van der Waals surface area contributed by atoms with Gasteiger partial charge in [0.25, 0.3) is 5.56 Å². The Hall–Kier alpha value is -2.97. The average molecular weight is 444 g/mol. The molecule has 4 rings (SSSR count). The summed E-state index contributed by atoms with van der Waals surface area (Å²) in [6.45, 7) is 2.25.